The molecule has 19 heavy (non-hydrogen) atoms. The SMILES string of the molecule is N#Cc1cccc(S(=O)(=O)Nc2cncc(Br)c2)c1. The lowest BCUT2D eigenvalue weighted by molar-refractivity contribution is 0.601. The Labute approximate surface area is 119 Å². The summed E-state index contributed by atoms with van der Waals surface area (Å²) in [6, 6.07) is 9.30. The molecule has 7 heteroatoms. The number of aromatic nitrogens is 1. The zero-order valence-electron chi connectivity index (χ0n) is 9.54. The van der Waals surface area contributed by atoms with Gasteiger partial charge in [-0.2, -0.15) is 5.26 Å². The van der Waals surface area contributed by atoms with Gasteiger partial charge in [0.15, 0.2) is 0 Å². The van der Waals surface area contributed by atoms with Crippen molar-refractivity contribution in [2.45, 2.75) is 4.90 Å². The monoisotopic (exact) mass is 337 g/mol. The summed E-state index contributed by atoms with van der Waals surface area (Å²) in [4.78, 5) is 3.90. The smallest absolute Gasteiger partial charge is 0.261 e. The lowest BCUT2D eigenvalue weighted by Crippen LogP contribution is -2.13. The predicted molar refractivity (Wildman–Crippen MR) is 73.9 cm³/mol. The summed E-state index contributed by atoms with van der Waals surface area (Å²) in [7, 11) is -3.72. The van der Waals surface area contributed by atoms with Crippen molar-refractivity contribution in [1.29, 1.82) is 5.26 Å². The molecule has 0 saturated heterocycles. The minimum atomic E-state index is -3.72. The average Bonchev–Trinajstić information content (AvgIpc) is 2.38. The van der Waals surface area contributed by atoms with Gasteiger partial charge in [-0.05, 0) is 40.2 Å². The number of benzene rings is 1. The molecule has 1 heterocycles. The molecule has 1 N–H and O–H groups in total. The maximum Gasteiger partial charge on any atom is 0.261 e. The van der Waals surface area contributed by atoms with Crippen molar-refractivity contribution in [3.8, 4) is 6.07 Å². The molecule has 0 fully saturated rings. The van der Waals surface area contributed by atoms with Gasteiger partial charge in [0.25, 0.3) is 10.0 Å². The summed E-state index contributed by atoms with van der Waals surface area (Å²) >= 11 is 3.21. The molecule has 1 aromatic heterocycles. The Hall–Kier alpha value is -1.91. The molecule has 0 radical (unpaired) electrons. The number of rotatable bonds is 3. The minimum absolute atomic E-state index is 0.0338. The van der Waals surface area contributed by atoms with Crippen LogP contribution in [0.4, 0.5) is 5.69 Å². The second kappa shape index (κ2) is 5.38. The van der Waals surface area contributed by atoms with Gasteiger partial charge < -0.3 is 0 Å². The molecule has 5 nitrogen and oxygen atoms in total. The first kappa shape index (κ1) is 13.5. The zero-order valence-corrected chi connectivity index (χ0v) is 11.9. The zero-order chi connectivity index (χ0) is 13.9. The minimum Gasteiger partial charge on any atom is -0.278 e. The van der Waals surface area contributed by atoms with Crippen LogP contribution in [0.5, 0.6) is 0 Å². The second-order valence-electron chi connectivity index (χ2n) is 3.64. The number of halogens is 1. The molecule has 0 aliphatic carbocycles. The Balaban J connectivity index is 2.35. The van der Waals surface area contributed by atoms with Crippen LogP contribution in [0.3, 0.4) is 0 Å². The van der Waals surface area contributed by atoms with Gasteiger partial charge in [-0.3, -0.25) is 9.71 Å². The molecular weight excluding hydrogens is 330 g/mol. The summed E-state index contributed by atoms with van der Waals surface area (Å²) in [6.45, 7) is 0. The fourth-order valence-corrected chi connectivity index (χ4v) is 2.86. The largest absolute Gasteiger partial charge is 0.278 e. The number of pyridine rings is 1. The van der Waals surface area contributed by atoms with Crippen LogP contribution >= 0.6 is 15.9 Å². The molecule has 0 aliphatic rings. The highest BCUT2D eigenvalue weighted by atomic mass is 79.9. The van der Waals surface area contributed by atoms with Crippen LogP contribution in [0.2, 0.25) is 0 Å². The van der Waals surface area contributed by atoms with E-state index in [0.717, 1.165) is 0 Å². The van der Waals surface area contributed by atoms with Gasteiger partial charge in [0.05, 0.1) is 28.4 Å². The van der Waals surface area contributed by atoms with Crippen molar-refractivity contribution in [3.05, 3.63) is 52.8 Å². The number of hydrogen-bond donors (Lipinski definition) is 1. The molecule has 0 spiro atoms. The molecule has 1 aromatic carbocycles. The molecule has 0 unspecified atom stereocenters. The average molecular weight is 338 g/mol. The van der Waals surface area contributed by atoms with Gasteiger partial charge in [-0.15, -0.1) is 0 Å². The molecule has 0 amide bonds. The van der Waals surface area contributed by atoms with E-state index in [1.807, 2.05) is 6.07 Å². The third kappa shape index (κ3) is 3.30. The third-order valence-corrected chi connectivity index (χ3v) is 4.04. The van der Waals surface area contributed by atoms with E-state index in [-0.39, 0.29) is 10.5 Å². The van der Waals surface area contributed by atoms with E-state index in [2.05, 4.69) is 25.6 Å². The Morgan fingerprint density at radius 3 is 2.74 bits per heavy atom. The summed E-state index contributed by atoms with van der Waals surface area (Å²) in [5.41, 5.74) is 0.631. The van der Waals surface area contributed by atoms with Gasteiger partial charge in [0.1, 0.15) is 0 Å². The van der Waals surface area contributed by atoms with Crippen molar-refractivity contribution in [2.75, 3.05) is 4.72 Å². The maximum atomic E-state index is 12.1. The van der Waals surface area contributed by atoms with Crippen LogP contribution < -0.4 is 4.72 Å². The van der Waals surface area contributed by atoms with E-state index in [1.54, 1.807) is 18.3 Å². The van der Waals surface area contributed by atoms with Gasteiger partial charge in [0.2, 0.25) is 0 Å². The molecule has 2 rings (SSSR count). The number of nitrogens with zero attached hydrogens (tertiary/aromatic N) is 2. The standard InChI is InChI=1S/C12H8BrN3O2S/c13-10-5-11(8-15-7-10)16-19(17,18)12-3-1-2-9(4-12)6-14/h1-5,7-8,16H. The van der Waals surface area contributed by atoms with Crippen LogP contribution in [-0.2, 0) is 10.0 Å². The topological polar surface area (TPSA) is 82.8 Å². The first-order valence-electron chi connectivity index (χ1n) is 5.15. The third-order valence-electron chi connectivity index (χ3n) is 2.23. The molecule has 0 atom stereocenters. The van der Waals surface area contributed by atoms with Gasteiger partial charge in [0, 0.05) is 10.7 Å². The van der Waals surface area contributed by atoms with Gasteiger partial charge in [-0.1, -0.05) is 6.07 Å². The summed E-state index contributed by atoms with van der Waals surface area (Å²) in [5, 5.41) is 8.77. The number of sulfonamides is 1. The van der Waals surface area contributed by atoms with Crippen LogP contribution in [0.15, 0.2) is 52.1 Å². The van der Waals surface area contributed by atoms with E-state index >= 15 is 0 Å². The predicted octanol–water partition coefficient (Wildman–Crippen LogP) is 2.52. The number of anilines is 1. The van der Waals surface area contributed by atoms with Crippen molar-refractivity contribution in [1.82, 2.24) is 4.98 Å². The molecular formula is C12H8BrN3O2S. The van der Waals surface area contributed by atoms with Crippen molar-refractivity contribution in [3.63, 3.8) is 0 Å². The number of nitrogens with one attached hydrogen (secondary N) is 1. The lowest BCUT2D eigenvalue weighted by Gasteiger charge is -2.08. The van der Waals surface area contributed by atoms with E-state index in [9.17, 15) is 8.42 Å². The number of hydrogen-bond acceptors (Lipinski definition) is 4. The van der Waals surface area contributed by atoms with Gasteiger partial charge >= 0.3 is 0 Å². The molecule has 0 saturated carbocycles. The summed E-state index contributed by atoms with van der Waals surface area (Å²) < 4.78 is 27.3. The number of nitriles is 1. The second-order valence-corrected chi connectivity index (χ2v) is 6.24. The Bertz CT molecular complexity index is 754. The maximum absolute atomic E-state index is 12.1. The fourth-order valence-electron chi connectivity index (χ4n) is 1.41. The Morgan fingerprint density at radius 1 is 1.26 bits per heavy atom. The highest BCUT2D eigenvalue weighted by Crippen LogP contribution is 2.19. The van der Waals surface area contributed by atoms with E-state index in [1.165, 1.54) is 24.4 Å². The van der Waals surface area contributed by atoms with Crippen LogP contribution in [0, 0.1) is 11.3 Å². The molecule has 96 valence electrons. The fraction of sp³-hybridized carbons (Fsp3) is 0. The van der Waals surface area contributed by atoms with Crippen LogP contribution in [0.1, 0.15) is 5.56 Å². The normalized spacial score (nSPS) is 10.7. The highest BCUT2D eigenvalue weighted by molar-refractivity contribution is 9.10. The molecule has 2 aromatic rings. The van der Waals surface area contributed by atoms with Crippen molar-refractivity contribution in [2.24, 2.45) is 0 Å². The first-order chi connectivity index (χ1) is 9.01. The Kier molecular flexibility index (Phi) is 3.83. The van der Waals surface area contributed by atoms with E-state index < -0.39 is 10.0 Å². The van der Waals surface area contributed by atoms with Crippen molar-refractivity contribution >= 4 is 31.6 Å². The van der Waals surface area contributed by atoms with E-state index in [0.29, 0.717) is 10.2 Å². The van der Waals surface area contributed by atoms with Crippen LogP contribution in [-0.4, -0.2) is 13.4 Å². The molecule has 0 aliphatic heterocycles. The summed E-state index contributed by atoms with van der Waals surface area (Å²) in [5.74, 6) is 0. The van der Waals surface area contributed by atoms with Gasteiger partial charge in [-0.25, -0.2) is 8.42 Å². The summed E-state index contributed by atoms with van der Waals surface area (Å²) in [6.07, 6.45) is 2.95. The quantitative estimate of drug-likeness (QED) is 0.932. The van der Waals surface area contributed by atoms with E-state index in [4.69, 9.17) is 5.26 Å². The van der Waals surface area contributed by atoms with Crippen LogP contribution in [0.25, 0.3) is 0 Å². The van der Waals surface area contributed by atoms with Crippen molar-refractivity contribution < 1.29 is 8.42 Å². The Morgan fingerprint density at radius 2 is 2.05 bits per heavy atom. The highest BCUT2D eigenvalue weighted by Gasteiger charge is 2.14. The lowest BCUT2D eigenvalue weighted by atomic mass is 10.2. The first-order valence-corrected chi connectivity index (χ1v) is 7.42. The molecule has 0 bridgehead atoms.